The fourth-order valence-corrected chi connectivity index (χ4v) is 2.68. The van der Waals surface area contributed by atoms with E-state index in [1.54, 1.807) is 6.08 Å². The van der Waals surface area contributed by atoms with Gasteiger partial charge in [-0.15, -0.1) is 0 Å². The lowest BCUT2D eigenvalue weighted by atomic mass is 10.0. The van der Waals surface area contributed by atoms with Gasteiger partial charge in [-0.3, -0.25) is 4.55 Å². The predicted octanol–water partition coefficient (Wildman–Crippen LogP) is 5.80. The van der Waals surface area contributed by atoms with Crippen molar-refractivity contribution in [2.45, 2.75) is 96.8 Å². The van der Waals surface area contributed by atoms with Gasteiger partial charge in [0.25, 0.3) is 0 Å². The number of hydrogen-bond acceptors (Lipinski definition) is 3. The molecular formula is C17H34O4S. The molecule has 0 aliphatic rings. The Morgan fingerprint density at radius 2 is 1.18 bits per heavy atom. The molecule has 0 aromatic rings. The predicted molar refractivity (Wildman–Crippen MR) is 92.1 cm³/mol. The van der Waals surface area contributed by atoms with Crippen molar-refractivity contribution >= 4 is 10.4 Å². The van der Waals surface area contributed by atoms with Gasteiger partial charge in [-0.1, -0.05) is 84.0 Å². The Labute approximate surface area is 137 Å². The largest absolute Gasteiger partial charge is 0.445 e. The molecule has 0 aromatic carbocycles. The van der Waals surface area contributed by atoms with Gasteiger partial charge >= 0.3 is 10.4 Å². The van der Waals surface area contributed by atoms with Crippen LogP contribution in [0.1, 0.15) is 96.8 Å². The molecule has 0 unspecified atom stereocenters. The van der Waals surface area contributed by atoms with Gasteiger partial charge < -0.3 is 4.18 Å². The van der Waals surface area contributed by atoms with E-state index in [1.165, 1.54) is 70.6 Å². The normalized spacial score (nSPS) is 12.1. The highest BCUT2D eigenvalue weighted by atomic mass is 32.3. The molecule has 0 atom stereocenters. The molecule has 0 heterocycles. The van der Waals surface area contributed by atoms with Crippen molar-refractivity contribution in [1.29, 1.82) is 0 Å². The van der Waals surface area contributed by atoms with Gasteiger partial charge in [-0.05, 0) is 18.9 Å². The van der Waals surface area contributed by atoms with E-state index in [-0.39, 0.29) is 0 Å². The Kier molecular flexibility index (Phi) is 15.0. The molecule has 0 fully saturated rings. The summed E-state index contributed by atoms with van der Waals surface area (Å²) in [5, 5.41) is 0. The molecule has 22 heavy (non-hydrogen) atoms. The summed E-state index contributed by atoms with van der Waals surface area (Å²) in [6.45, 7) is 2.25. The molecule has 0 aliphatic carbocycles. The molecule has 4 nitrogen and oxygen atoms in total. The maximum absolute atomic E-state index is 10.3. The summed E-state index contributed by atoms with van der Waals surface area (Å²) >= 11 is 0. The summed E-state index contributed by atoms with van der Waals surface area (Å²) in [5.41, 5.74) is 0. The van der Waals surface area contributed by atoms with Crippen molar-refractivity contribution in [2.75, 3.05) is 0 Å². The molecule has 0 aromatic heterocycles. The Bertz CT molecular complexity index is 350. The Hall–Kier alpha value is -0.550. The van der Waals surface area contributed by atoms with Crippen LogP contribution in [-0.2, 0) is 14.6 Å². The molecule has 1 N–H and O–H groups in total. The minimum Gasteiger partial charge on any atom is -0.370 e. The van der Waals surface area contributed by atoms with Gasteiger partial charge in [-0.25, -0.2) is 0 Å². The third-order valence-corrected chi connectivity index (χ3v) is 4.10. The molecule has 5 heteroatoms. The second kappa shape index (κ2) is 15.3. The first-order chi connectivity index (χ1) is 10.6. The fourth-order valence-electron chi connectivity index (χ4n) is 2.46. The first kappa shape index (κ1) is 21.4. The summed E-state index contributed by atoms with van der Waals surface area (Å²) in [6, 6.07) is 0. The quantitative estimate of drug-likeness (QED) is 0.220. The van der Waals surface area contributed by atoms with E-state index in [0.717, 1.165) is 25.5 Å². The molecule has 0 radical (unpaired) electrons. The zero-order chi connectivity index (χ0) is 16.5. The topological polar surface area (TPSA) is 63.6 Å². The molecule has 0 bridgehead atoms. The first-order valence-corrected chi connectivity index (χ1v) is 10.2. The highest BCUT2D eigenvalue weighted by Gasteiger charge is 1.98. The minimum atomic E-state index is -4.33. The van der Waals surface area contributed by atoms with Crippen molar-refractivity contribution in [2.24, 2.45) is 0 Å². The monoisotopic (exact) mass is 334 g/mol. The second-order valence-corrected chi connectivity index (χ2v) is 6.97. The Morgan fingerprint density at radius 3 is 1.59 bits per heavy atom. The lowest BCUT2D eigenvalue weighted by molar-refractivity contribution is 0.355. The van der Waals surface area contributed by atoms with E-state index in [4.69, 9.17) is 4.55 Å². The van der Waals surface area contributed by atoms with Crippen LogP contribution in [-0.4, -0.2) is 13.0 Å². The molecule has 0 saturated heterocycles. The zero-order valence-electron chi connectivity index (χ0n) is 14.1. The average molecular weight is 335 g/mol. The van der Waals surface area contributed by atoms with Gasteiger partial charge in [0.05, 0.1) is 0 Å². The molecule has 0 spiro atoms. The van der Waals surface area contributed by atoms with E-state index < -0.39 is 10.4 Å². The van der Waals surface area contributed by atoms with Crippen molar-refractivity contribution in [3.05, 3.63) is 12.3 Å². The van der Waals surface area contributed by atoms with Gasteiger partial charge in [0, 0.05) is 0 Å². The first-order valence-electron chi connectivity index (χ1n) is 8.87. The summed E-state index contributed by atoms with van der Waals surface area (Å²) in [7, 11) is -4.33. The van der Waals surface area contributed by atoms with Crippen LogP contribution in [0.4, 0.5) is 0 Å². The van der Waals surface area contributed by atoms with E-state index in [0.29, 0.717) is 0 Å². The lowest BCUT2D eigenvalue weighted by Gasteiger charge is -2.02. The minimum absolute atomic E-state index is 0.785. The van der Waals surface area contributed by atoms with Gasteiger partial charge in [-0.2, -0.15) is 8.42 Å². The lowest BCUT2D eigenvalue weighted by Crippen LogP contribution is -1.96. The highest BCUT2D eigenvalue weighted by Crippen LogP contribution is 2.13. The van der Waals surface area contributed by atoms with Crippen molar-refractivity contribution in [3.8, 4) is 0 Å². The number of hydrogen-bond donors (Lipinski definition) is 1. The van der Waals surface area contributed by atoms with E-state index in [1.807, 2.05) is 0 Å². The zero-order valence-corrected chi connectivity index (χ0v) is 15.0. The Balaban J connectivity index is 3.11. The molecule has 132 valence electrons. The highest BCUT2D eigenvalue weighted by molar-refractivity contribution is 7.81. The molecule has 0 saturated carbocycles. The summed E-state index contributed by atoms with van der Waals surface area (Å²) < 4.78 is 32.9. The van der Waals surface area contributed by atoms with Crippen LogP contribution >= 0.6 is 0 Å². The summed E-state index contributed by atoms with van der Waals surface area (Å²) in [4.78, 5) is 0. The number of rotatable bonds is 16. The molecule has 0 amide bonds. The number of unbranched alkanes of at least 4 members (excludes halogenated alkanes) is 13. The van der Waals surface area contributed by atoms with Gasteiger partial charge in [0.1, 0.15) is 6.26 Å². The van der Waals surface area contributed by atoms with Crippen molar-refractivity contribution < 1.29 is 17.2 Å². The Morgan fingerprint density at radius 1 is 0.773 bits per heavy atom. The standard InChI is InChI=1S/C17H34O4S/c1-2-3-4-5-6-7-8-9-10-11-12-13-14-15-16-17-21-22(18,19)20/h16-17H,2-15H2,1H3,(H,18,19,20)/b17-16+. The summed E-state index contributed by atoms with van der Waals surface area (Å²) in [6.07, 6.45) is 20.5. The average Bonchev–Trinajstić information content (AvgIpc) is 2.45. The third kappa shape index (κ3) is 19.4. The smallest absolute Gasteiger partial charge is 0.370 e. The molecular weight excluding hydrogens is 300 g/mol. The summed E-state index contributed by atoms with van der Waals surface area (Å²) in [5.74, 6) is 0. The molecule has 0 aliphatic heterocycles. The van der Waals surface area contributed by atoms with Gasteiger partial charge in [0.15, 0.2) is 0 Å². The van der Waals surface area contributed by atoms with Crippen LogP contribution in [0.15, 0.2) is 12.3 Å². The van der Waals surface area contributed by atoms with Crippen LogP contribution < -0.4 is 0 Å². The third-order valence-electron chi connectivity index (χ3n) is 3.75. The maximum atomic E-state index is 10.3. The van der Waals surface area contributed by atoms with Crippen LogP contribution in [0.5, 0.6) is 0 Å². The van der Waals surface area contributed by atoms with E-state index >= 15 is 0 Å². The SMILES string of the molecule is CCCCCCCCCCCCCCC/C=C/OS(=O)(=O)O. The van der Waals surface area contributed by atoms with Crippen LogP contribution in [0.2, 0.25) is 0 Å². The van der Waals surface area contributed by atoms with Crippen LogP contribution in [0.25, 0.3) is 0 Å². The van der Waals surface area contributed by atoms with Crippen molar-refractivity contribution in [3.63, 3.8) is 0 Å². The van der Waals surface area contributed by atoms with E-state index in [2.05, 4.69) is 11.1 Å². The van der Waals surface area contributed by atoms with Crippen LogP contribution in [0, 0.1) is 0 Å². The fraction of sp³-hybridized carbons (Fsp3) is 0.882. The number of allylic oxidation sites excluding steroid dienone is 1. The maximum Gasteiger partial charge on any atom is 0.445 e. The van der Waals surface area contributed by atoms with E-state index in [9.17, 15) is 8.42 Å². The molecule has 0 rings (SSSR count). The second-order valence-electron chi connectivity index (χ2n) is 5.93. The van der Waals surface area contributed by atoms with Crippen LogP contribution in [0.3, 0.4) is 0 Å². The van der Waals surface area contributed by atoms with Crippen molar-refractivity contribution in [1.82, 2.24) is 0 Å². The van der Waals surface area contributed by atoms with Gasteiger partial charge in [0.2, 0.25) is 0 Å².